The summed E-state index contributed by atoms with van der Waals surface area (Å²) in [5, 5.41) is 4.00. The summed E-state index contributed by atoms with van der Waals surface area (Å²) in [4.78, 5) is 32.6. The molecule has 176 valence electrons. The van der Waals surface area contributed by atoms with E-state index in [0.717, 1.165) is 33.3 Å². The summed E-state index contributed by atoms with van der Waals surface area (Å²) in [5.41, 5.74) is 5.86. The van der Waals surface area contributed by atoms with Crippen LogP contribution in [0, 0.1) is 6.92 Å². The van der Waals surface area contributed by atoms with E-state index in [9.17, 15) is 9.59 Å². The van der Waals surface area contributed by atoms with E-state index in [1.165, 1.54) is 0 Å². The molecule has 1 fully saturated rings. The topological polar surface area (TPSA) is 71.5 Å². The molecular formula is C29H27N3O3. The molecule has 0 bridgehead atoms. The van der Waals surface area contributed by atoms with Crippen molar-refractivity contribution >= 4 is 28.4 Å². The Bertz CT molecular complexity index is 1380. The number of carbonyl (C=O) groups is 2. The SMILES string of the molecule is Cc1nc2ccccc2c(-c2ccccc2)c1CC(=O)Nc1cccc(C(=O)N2CCOCC2)c1. The molecule has 0 spiro atoms. The number of para-hydroxylation sites is 1. The summed E-state index contributed by atoms with van der Waals surface area (Å²) < 4.78 is 5.34. The average Bonchev–Trinajstić information content (AvgIpc) is 2.90. The van der Waals surface area contributed by atoms with Crippen LogP contribution in [0.4, 0.5) is 5.69 Å². The zero-order valence-electron chi connectivity index (χ0n) is 19.7. The number of carbonyl (C=O) groups excluding carboxylic acids is 2. The number of ether oxygens (including phenoxy) is 1. The van der Waals surface area contributed by atoms with E-state index < -0.39 is 0 Å². The van der Waals surface area contributed by atoms with Gasteiger partial charge in [0.1, 0.15) is 0 Å². The van der Waals surface area contributed by atoms with Crippen molar-refractivity contribution in [2.24, 2.45) is 0 Å². The van der Waals surface area contributed by atoms with Crippen LogP contribution in [-0.2, 0) is 16.0 Å². The maximum atomic E-state index is 13.2. The van der Waals surface area contributed by atoms with Crippen LogP contribution in [0.15, 0.2) is 78.9 Å². The zero-order chi connectivity index (χ0) is 24.2. The molecule has 3 aromatic carbocycles. The molecule has 0 atom stereocenters. The van der Waals surface area contributed by atoms with E-state index in [1.54, 1.807) is 29.2 Å². The smallest absolute Gasteiger partial charge is 0.254 e. The van der Waals surface area contributed by atoms with Crippen LogP contribution in [-0.4, -0.2) is 48.0 Å². The van der Waals surface area contributed by atoms with Crippen LogP contribution in [0.5, 0.6) is 0 Å². The van der Waals surface area contributed by atoms with Crippen molar-refractivity contribution in [3.8, 4) is 11.1 Å². The second kappa shape index (κ2) is 10.1. The minimum atomic E-state index is -0.154. The molecule has 6 nitrogen and oxygen atoms in total. The van der Waals surface area contributed by atoms with Gasteiger partial charge in [0, 0.05) is 35.4 Å². The summed E-state index contributed by atoms with van der Waals surface area (Å²) >= 11 is 0. The third kappa shape index (κ3) is 4.93. The van der Waals surface area contributed by atoms with Gasteiger partial charge in [-0.25, -0.2) is 0 Å². The normalized spacial score (nSPS) is 13.6. The maximum Gasteiger partial charge on any atom is 0.254 e. The highest BCUT2D eigenvalue weighted by atomic mass is 16.5. The Kier molecular flexibility index (Phi) is 6.55. The summed E-state index contributed by atoms with van der Waals surface area (Å²) in [6.07, 6.45) is 0.176. The van der Waals surface area contributed by atoms with E-state index in [1.807, 2.05) is 49.4 Å². The van der Waals surface area contributed by atoms with Gasteiger partial charge in [-0.3, -0.25) is 14.6 Å². The molecule has 35 heavy (non-hydrogen) atoms. The molecule has 0 radical (unpaired) electrons. The van der Waals surface area contributed by atoms with Crippen LogP contribution >= 0.6 is 0 Å². The van der Waals surface area contributed by atoms with Crippen molar-refractivity contribution in [3.63, 3.8) is 0 Å². The van der Waals surface area contributed by atoms with Crippen molar-refractivity contribution in [1.82, 2.24) is 9.88 Å². The standard InChI is InChI=1S/C29H27N3O3/c1-20-25(28(21-8-3-2-4-9-21)24-12-5-6-13-26(24)30-20)19-27(33)31-23-11-7-10-22(18-23)29(34)32-14-16-35-17-15-32/h2-13,18H,14-17,19H2,1H3,(H,31,33). The molecule has 6 heteroatoms. The molecule has 5 rings (SSSR count). The van der Waals surface area contributed by atoms with E-state index in [-0.39, 0.29) is 18.2 Å². The first-order valence-electron chi connectivity index (χ1n) is 11.8. The number of morpholine rings is 1. The quantitative estimate of drug-likeness (QED) is 0.457. The van der Waals surface area contributed by atoms with Crippen molar-refractivity contribution in [2.45, 2.75) is 13.3 Å². The number of hydrogen-bond donors (Lipinski definition) is 1. The summed E-state index contributed by atoms with van der Waals surface area (Å²) in [7, 11) is 0. The molecular weight excluding hydrogens is 438 g/mol. The highest BCUT2D eigenvalue weighted by molar-refractivity contribution is 6.01. The fourth-order valence-electron chi connectivity index (χ4n) is 4.57. The second-order valence-electron chi connectivity index (χ2n) is 8.64. The van der Waals surface area contributed by atoms with E-state index in [0.29, 0.717) is 37.6 Å². The molecule has 1 N–H and O–H groups in total. The Labute approximate surface area is 204 Å². The first-order chi connectivity index (χ1) is 17.1. The number of aromatic nitrogens is 1. The minimum Gasteiger partial charge on any atom is -0.378 e. The average molecular weight is 466 g/mol. The van der Waals surface area contributed by atoms with Crippen LogP contribution in [0.1, 0.15) is 21.6 Å². The number of aryl methyl sites for hydroxylation is 1. The lowest BCUT2D eigenvalue weighted by atomic mass is 9.92. The fourth-order valence-corrected chi connectivity index (χ4v) is 4.57. The summed E-state index contributed by atoms with van der Waals surface area (Å²) in [6, 6.07) is 25.2. The molecule has 1 aliphatic heterocycles. The number of hydrogen-bond acceptors (Lipinski definition) is 4. The van der Waals surface area contributed by atoms with Crippen LogP contribution in [0.25, 0.3) is 22.0 Å². The largest absolute Gasteiger partial charge is 0.378 e. The molecule has 1 aliphatic rings. The maximum absolute atomic E-state index is 13.2. The number of pyridine rings is 1. The molecule has 4 aromatic rings. The first-order valence-corrected chi connectivity index (χ1v) is 11.8. The molecule has 1 saturated heterocycles. The fraction of sp³-hybridized carbons (Fsp3) is 0.207. The lowest BCUT2D eigenvalue weighted by Gasteiger charge is -2.27. The predicted octanol–water partition coefficient (Wildman–Crippen LogP) is 4.86. The number of amides is 2. The number of nitrogens with one attached hydrogen (secondary N) is 1. The molecule has 0 unspecified atom stereocenters. The Morgan fingerprint density at radius 1 is 0.943 bits per heavy atom. The van der Waals surface area contributed by atoms with Gasteiger partial charge in [-0.1, -0.05) is 54.6 Å². The van der Waals surface area contributed by atoms with Gasteiger partial charge < -0.3 is 15.0 Å². The van der Waals surface area contributed by atoms with Gasteiger partial charge in [0.05, 0.1) is 25.2 Å². The Hall–Kier alpha value is -4.03. The lowest BCUT2D eigenvalue weighted by molar-refractivity contribution is -0.115. The minimum absolute atomic E-state index is 0.0506. The monoisotopic (exact) mass is 465 g/mol. The van der Waals surface area contributed by atoms with Crippen LogP contribution in [0.2, 0.25) is 0 Å². The highest BCUT2D eigenvalue weighted by Gasteiger charge is 2.20. The number of nitrogens with zero attached hydrogens (tertiary/aromatic N) is 2. The Balaban J connectivity index is 1.42. The second-order valence-corrected chi connectivity index (χ2v) is 8.64. The molecule has 0 aliphatic carbocycles. The molecule has 2 amide bonds. The van der Waals surface area contributed by atoms with Gasteiger partial charge in [-0.15, -0.1) is 0 Å². The molecule has 1 aromatic heterocycles. The van der Waals surface area contributed by atoms with E-state index in [4.69, 9.17) is 9.72 Å². The van der Waals surface area contributed by atoms with Crippen molar-refractivity contribution in [1.29, 1.82) is 0 Å². The van der Waals surface area contributed by atoms with Crippen LogP contribution in [0.3, 0.4) is 0 Å². The third-order valence-electron chi connectivity index (χ3n) is 6.29. The van der Waals surface area contributed by atoms with Gasteiger partial charge in [0.15, 0.2) is 0 Å². The summed E-state index contributed by atoms with van der Waals surface area (Å²) in [6.45, 7) is 4.19. The van der Waals surface area contributed by atoms with Crippen molar-refractivity contribution in [3.05, 3.63) is 95.7 Å². The number of rotatable bonds is 5. The van der Waals surface area contributed by atoms with E-state index in [2.05, 4.69) is 17.4 Å². The third-order valence-corrected chi connectivity index (χ3v) is 6.29. The molecule has 2 heterocycles. The zero-order valence-corrected chi connectivity index (χ0v) is 19.7. The van der Waals surface area contributed by atoms with Gasteiger partial charge >= 0.3 is 0 Å². The number of benzene rings is 3. The van der Waals surface area contributed by atoms with Gasteiger partial charge in [-0.2, -0.15) is 0 Å². The molecule has 0 saturated carbocycles. The van der Waals surface area contributed by atoms with Gasteiger partial charge in [0.2, 0.25) is 5.91 Å². The Morgan fingerprint density at radius 2 is 1.69 bits per heavy atom. The Morgan fingerprint density at radius 3 is 2.49 bits per heavy atom. The lowest BCUT2D eigenvalue weighted by Crippen LogP contribution is -2.40. The van der Waals surface area contributed by atoms with Crippen LogP contribution < -0.4 is 5.32 Å². The van der Waals surface area contributed by atoms with E-state index >= 15 is 0 Å². The van der Waals surface area contributed by atoms with Gasteiger partial charge in [-0.05, 0) is 47.9 Å². The number of anilines is 1. The first kappa shape index (κ1) is 22.7. The number of fused-ring (bicyclic) bond motifs is 1. The highest BCUT2D eigenvalue weighted by Crippen LogP contribution is 2.33. The predicted molar refractivity (Wildman–Crippen MR) is 137 cm³/mol. The van der Waals surface area contributed by atoms with Crippen molar-refractivity contribution < 1.29 is 14.3 Å². The van der Waals surface area contributed by atoms with Crippen molar-refractivity contribution in [2.75, 3.05) is 31.6 Å². The van der Waals surface area contributed by atoms with Gasteiger partial charge in [0.25, 0.3) is 5.91 Å². The summed E-state index contributed by atoms with van der Waals surface area (Å²) in [5.74, 6) is -0.205.